The zero-order valence-electron chi connectivity index (χ0n) is 11.8. The van der Waals surface area contributed by atoms with Gasteiger partial charge in [-0.15, -0.1) is 0 Å². The van der Waals surface area contributed by atoms with E-state index in [0.717, 1.165) is 6.42 Å². The lowest BCUT2D eigenvalue weighted by Gasteiger charge is -2.12. The van der Waals surface area contributed by atoms with Gasteiger partial charge in [0.2, 0.25) is 0 Å². The molecule has 0 fully saturated rings. The molecule has 4 nitrogen and oxygen atoms in total. The summed E-state index contributed by atoms with van der Waals surface area (Å²) in [5.41, 5.74) is 1.21. The number of aliphatic hydroxyl groups is 1. The van der Waals surface area contributed by atoms with Crippen molar-refractivity contribution >= 4 is 5.91 Å². The van der Waals surface area contributed by atoms with Gasteiger partial charge in [-0.2, -0.15) is 0 Å². The predicted octanol–water partition coefficient (Wildman–Crippen LogP) is 2.08. The smallest absolute Gasteiger partial charge is 0.258 e. The number of rotatable bonds is 7. The first kappa shape index (κ1) is 15.5. The predicted molar refractivity (Wildman–Crippen MR) is 75.3 cm³/mol. The molecule has 2 atom stereocenters. The summed E-state index contributed by atoms with van der Waals surface area (Å²) in [6, 6.07) is 7.81. The summed E-state index contributed by atoms with van der Waals surface area (Å²) in [6.45, 7) is 6.14. The molecular formula is C15H23NO3. The Morgan fingerprint density at radius 1 is 1.42 bits per heavy atom. The van der Waals surface area contributed by atoms with Crippen molar-refractivity contribution in [3.63, 3.8) is 0 Å². The molecule has 106 valence electrons. The number of ether oxygens (including phenoxy) is 1. The Balaban J connectivity index is 2.47. The van der Waals surface area contributed by atoms with Crippen LogP contribution in [0.4, 0.5) is 0 Å². The fraction of sp³-hybridized carbons (Fsp3) is 0.533. The van der Waals surface area contributed by atoms with Crippen LogP contribution in [-0.2, 0) is 4.79 Å². The topological polar surface area (TPSA) is 58.6 Å². The molecule has 0 aliphatic rings. The molecule has 1 amide bonds. The van der Waals surface area contributed by atoms with E-state index in [2.05, 4.69) is 25.2 Å². The summed E-state index contributed by atoms with van der Waals surface area (Å²) in [4.78, 5) is 11.4. The first-order valence-electron chi connectivity index (χ1n) is 6.70. The van der Waals surface area contributed by atoms with Gasteiger partial charge >= 0.3 is 0 Å². The van der Waals surface area contributed by atoms with Crippen LogP contribution in [0.1, 0.15) is 38.7 Å². The van der Waals surface area contributed by atoms with Crippen LogP contribution in [0.3, 0.4) is 0 Å². The van der Waals surface area contributed by atoms with Crippen LogP contribution in [0, 0.1) is 0 Å². The minimum absolute atomic E-state index is 0.0311. The van der Waals surface area contributed by atoms with E-state index in [1.165, 1.54) is 5.56 Å². The summed E-state index contributed by atoms with van der Waals surface area (Å²) >= 11 is 0. The minimum atomic E-state index is -0.544. The molecule has 0 bridgehead atoms. The average molecular weight is 265 g/mol. The molecule has 0 aromatic heterocycles. The third kappa shape index (κ3) is 5.75. The van der Waals surface area contributed by atoms with Gasteiger partial charge in [-0.1, -0.05) is 26.0 Å². The fourth-order valence-corrected chi connectivity index (χ4v) is 1.61. The lowest BCUT2D eigenvalue weighted by molar-refractivity contribution is -0.123. The van der Waals surface area contributed by atoms with Crippen molar-refractivity contribution in [3.8, 4) is 5.75 Å². The van der Waals surface area contributed by atoms with Crippen LogP contribution in [0.5, 0.6) is 5.75 Å². The minimum Gasteiger partial charge on any atom is -0.484 e. The van der Waals surface area contributed by atoms with Crippen molar-refractivity contribution in [1.82, 2.24) is 5.32 Å². The molecule has 2 unspecified atom stereocenters. The molecule has 0 saturated carbocycles. The third-order valence-electron chi connectivity index (χ3n) is 3.00. The van der Waals surface area contributed by atoms with Crippen LogP contribution in [-0.4, -0.2) is 30.3 Å². The van der Waals surface area contributed by atoms with Crippen LogP contribution >= 0.6 is 0 Å². The first-order valence-corrected chi connectivity index (χ1v) is 6.70. The van der Waals surface area contributed by atoms with Gasteiger partial charge in [-0.25, -0.2) is 0 Å². The Labute approximate surface area is 114 Å². The molecule has 1 aromatic carbocycles. The number of carbonyl (C=O) groups excluding carboxylic acids is 1. The van der Waals surface area contributed by atoms with Crippen molar-refractivity contribution in [3.05, 3.63) is 29.8 Å². The van der Waals surface area contributed by atoms with E-state index in [0.29, 0.717) is 11.7 Å². The van der Waals surface area contributed by atoms with Crippen molar-refractivity contribution in [2.24, 2.45) is 0 Å². The van der Waals surface area contributed by atoms with Gasteiger partial charge in [-0.3, -0.25) is 4.79 Å². The van der Waals surface area contributed by atoms with Gasteiger partial charge in [0.05, 0.1) is 6.10 Å². The van der Waals surface area contributed by atoms with E-state index >= 15 is 0 Å². The van der Waals surface area contributed by atoms with Crippen LogP contribution in [0.25, 0.3) is 0 Å². The van der Waals surface area contributed by atoms with E-state index in [4.69, 9.17) is 9.84 Å². The van der Waals surface area contributed by atoms with Crippen LogP contribution in [0.15, 0.2) is 24.3 Å². The molecular weight excluding hydrogens is 242 g/mol. The van der Waals surface area contributed by atoms with E-state index in [9.17, 15) is 4.79 Å². The van der Waals surface area contributed by atoms with E-state index in [1.54, 1.807) is 6.92 Å². The summed E-state index contributed by atoms with van der Waals surface area (Å²) < 4.78 is 5.44. The second-order valence-corrected chi connectivity index (χ2v) is 4.82. The number of aliphatic hydroxyl groups excluding tert-OH is 1. The Hall–Kier alpha value is -1.55. The van der Waals surface area contributed by atoms with Crippen molar-refractivity contribution in [2.45, 2.75) is 39.2 Å². The Kier molecular flexibility index (Phi) is 6.36. The van der Waals surface area contributed by atoms with E-state index in [-0.39, 0.29) is 19.1 Å². The zero-order valence-corrected chi connectivity index (χ0v) is 11.8. The SMILES string of the molecule is CCC(C)c1cccc(OCC(=O)NCC(C)O)c1. The largest absolute Gasteiger partial charge is 0.484 e. The van der Waals surface area contributed by atoms with E-state index < -0.39 is 6.10 Å². The molecule has 0 aliphatic carbocycles. The lowest BCUT2D eigenvalue weighted by Crippen LogP contribution is -2.34. The highest BCUT2D eigenvalue weighted by molar-refractivity contribution is 5.77. The molecule has 4 heteroatoms. The highest BCUT2D eigenvalue weighted by Gasteiger charge is 2.06. The monoisotopic (exact) mass is 265 g/mol. The highest BCUT2D eigenvalue weighted by atomic mass is 16.5. The van der Waals surface area contributed by atoms with Gasteiger partial charge in [-0.05, 0) is 37.0 Å². The van der Waals surface area contributed by atoms with Gasteiger partial charge in [0.1, 0.15) is 5.75 Å². The molecule has 0 spiro atoms. The second-order valence-electron chi connectivity index (χ2n) is 4.82. The Bertz CT molecular complexity index is 404. The van der Waals surface area contributed by atoms with Crippen LogP contribution in [0.2, 0.25) is 0 Å². The Morgan fingerprint density at radius 2 is 2.16 bits per heavy atom. The molecule has 0 aliphatic heterocycles. The molecule has 0 saturated heterocycles. The number of hydrogen-bond acceptors (Lipinski definition) is 3. The third-order valence-corrected chi connectivity index (χ3v) is 3.00. The average Bonchev–Trinajstić information content (AvgIpc) is 2.42. The van der Waals surface area contributed by atoms with E-state index in [1.807, 2.05) is 18.2 Å². The zero-order chi connectivity index (χ0) is 14.3. The lowest BCUT2D eigenvalue weighted by atomic mass is 9.99. The number of nitrogens with one attached hydrogen (secondary N) is 1. The van der Waals surface area contributed by atoms with Gasteiger partial charge < -0.3 is 15.2 Å². The van der Waals surface area contributed by atoms with Gasteiger partial charge in [0, 0.05) is 6.54 Å². The summed E-state index contributed by atoms with van der Waals surface area (Å²) in [7, 11) is 0. The number of carbonyl (C=O) groups is 1. The molecule has 0 heterocycles. The maximum Gasteiger partial charge on any atom is 0.258 e. The number of hydrogen-bond donors (Lipinski definition) is 2. The fourth-order valence-electron chi connectivity index (χ4n) is 1.61. The van der Waals surface area contributed by atoms with Gasteiger partial charge in [0.25, 0.3) is 5.91 Å². The van der Waals surface area contributed by atoms with Crippen molar-refractivity contribution in [1.29, 1.82) is 0 Å². The molecule has 0 radical (unpaired) electrons. The second kappa shape index (κ2) is 7.79. The normalized spacial score (nSPS) is 13.7. The molecule has 19 heavy (non-hydrogen) atoms. The molecule has 1 aromatic rings. The highest BCUT2D eigenvalue weighted by Crippen LogP contribution is 2.22. The summed E-state index contributed by atoms with van der Waals surface area (Å²) in [5, 5.41) is 11.6. The summed E-state index contributed by atoms with van der Waals surface area (Å²) in [5.74, 6) is 0.951. The number of amides is 1. The molecule has 2 N–H and O–H groups in total. The number of benzene rings is 1. The molecule has 1 rings (SSSR count). The maximum absolute atomic E-state index is 11.4. The van der Waals surface area contributed by atoms with Crippen molar-refractivity contribution < 1.29 is 14.6 Å². The van der Waals surface area contributed by atoms with Crippen LogP contribution < -0.4 is 10.1 Å². The first-order chi connectivity index (χ1) is 9.02. The summed E-state index contributed by atoms with van der Waals surface area (Å²) in [6.07, 6.45) is 0.524. The van der Waals surface area contributed by atoms with Crippen molar-refractivity contribution in [2.75, 3.05) is 13.2 Å². The standard InChI is InChI=1S/C15H23NO3/c1-4-11(2)13-6-5-7-14(8-13)19-10-15(18)16-9-12(3)17/h5-8,11-12,17H,4,9-10H2,1-3H3,(H,16,18). The Morgan fingerprint density at radius 3 is 2.79 bits per heavy atom. The quantitative estimate of drug-likeness (QED) is 0.793. The van der Waals surface area contributed by atoms with Gasteiger partial charge in [0.15, 0.2) is 6.61 Å². The maximum atomic E-state index is 11.4.